The van der Waals surface area contributed by atoms with Gasteiger partial charge in [0.1, 0.15) is 0 Å². The Balaban J connectivity index is 2.36. The van der Waals surface area contributed by atoms with Crippen LogP contribution < -0.4 is 16.4 Å². The van der Waals surface area contributed by atoms with E-state index in [9.17, 15) is 0 Å². The van der Waals surface area contributed by atoms with E-state index in [4.69, 9.17) is 40.5 Å². The molecule has 1 heterocycles. The molecular weight excluding hydrogens is 270 g/mol. The second kappa shape index (κ2) is 4.57. The highest BCUT2D eigenvalue weighted by Gasteiger charge is 2.15. The van der Waals surface area contributed by atoms with Gasteiger partial charge in [0, 0.05) is 6.54 Å². The number of nitrogen functional groups attached to an aromatic ring is 1. The van der Waals surface area contributed by atoms with Crippen molar-refractivity contribution < 1.29 is 0 Å². The highest BCUT2D eigenvalue weighted by atomic mass is 35.5. The van der Waals surface area contributed by atoms with E-state index >= 15 is 0 Å². The zero-order valence-corrected chi connectivity index (χ0v) is 10.4. The summed E-state index contributed by atoms with van der Waals surface area (Å²) in [6, 6.07) is 1.55. The Labute approximate surface area is 108 Å². The van der Waals surface area contributed by atoms with E-state index < -0.39 is 0 Å². The Bertz CT molecular complexity index is 459. The molecule has 2 rings (SSSR count). The highest BCUT2D eigenvalue weighted by molar-refractivity contribution is 6.48. The van der Waals surface area contributed by atoms with E-state index in [0.29, 0.717) is 27.4 Å². The first-order chi connectivity index (χ1) is 7.59. The Morgan fingerprint density at radius 2 is 2.06 bits per heavy atom. The number of hydrogen-bond acceptors (Lipinski definition) is 4. The minimum atomic E-state index is 0.284. The molecule has 1 aliphatic heterocycles. The summed E-state index contributed by atoms with van der Waals surface area (Å²) in [5, 5.41) is 7.01. The normalized spacial score (nSPS) is 14.6. The third-order valence-electron chi connectivity index (χ3n) is 2.10. The van der Waals surface area contributed by atoms with Gasteiger partial charge in [0.15, 0.2) is 5.96 Å². The minimum absolute atomic E-state index is 0.284. The second-order valence-electron chi connectivity index (χ2n) is 3.23. The molecule has 0 saturated heterocycles. The van der Waals surface area contributed by atoms with Gasteiger partial charge in [-0.3, -0.25) is 4.99 Å². The van der Waals surface area contributed by atoms with Gasteiger partial charge >= 0.3 is 0 Å². The van der Waals surface area contributed by atoms with Crippen molar-refractivity contribution in [3.8, 4) is 0 Å². The Kier molecular flexibility index (Phi) is 3.33. The van der Waals surface area contributed by atoms with Crippen LogP contribution in [0.15, 0.2) is 11.1 Å². The topological polar surface area (TPSA) is 62.4 Å². The van der Waals surface area contributed by atoms with E-state index in [1.807, 2.05) is 0 Å². The lowest BCUT2D eigenvalue weighted by molar-refractivity contribution is 0.959. The summed E-state index contributed by atoms with van der Waals surface area (Å²) in [6.45, 7) is 1.51. The summed E-state index contributed by atoms with van der Waals surface area (Å²) in [5.74, 6) is 0.629. The van der Waals surface area contributed by atoms with Crippen LogP contribution in [-0.4, -0.2) is 19.0 Å². The van der Waals surface area contributed by atoms with Crippen molar-refractivity contribution in [3.05, 3.63) is 21.1 Å². The largest absolute Gasteiger partial charge is 0.397 e. The predicted molar refractivity (Wildman–Crippen MR) is 69.8 cm³/mol. The number of rotatable bonds is 1. The lowest BCUT2D eigenvalue weighted by atomic mass is 10.3. The zero-order chi connectivity index (χ0) is 11.7. The lowest BCUT2D eigenvalue weighted by Crippen LogP contribution is -2.26. The molecule has 0 bridgehead atoms. The Morgan fingerprint density at radius 3 is 2.69 bits per heavy atom. The number of nitrogens with one attached hydrogen (secondary N) is 2. The van der Waals surface area contributed by atoms with Gasteiger partial charge in [-0.25, -0.2) is 0 Å². The molecule has 1 aromatic carbocycles. The molecule has 86 valence electrons. The highest BCUT2D eigenvalue weighted by Crippen LogP contribution is 2.40. The van der Waals surface area contributed by atoms with Crippen molar-refractivity contribution in [2.24, 2.45) is 4.99 Å². The van der Waals surface area contributed by atoms with Crippen LogP contribution in [0.3, 0.4) is 0 Å². The van der Waals surface area contributed by atoms with Crippen LogP contribution in [-0.2, 0) is 0 Å². The third-order valence-corrected chi connectivity index (χ3v) is 3.28. The van der Waals surface area contributed by atoms with E-state index in [-0.39, 0.29) is 5.02 Å². The SMILES string of the molecule is Nc1cc(Cl)c(NC2=NCCN2)c(Cl)c1Cl. The number of benzene rings is 1. The van der Waals surface area contributed by atoms with Crippen molar-refractivity contribution in [1.82, 2.24) is 5.32 Å². The fourth-order valence-corrected chi connectivity index (χ4v) is 2.04. The number of guanidine groups is 1. The van der Waals surface area contributed by atoms with Crippen LogP contribution in [0.2, 0.25) is 15.1 Å². The van der Waals surface area contributed by atoms with Crippen LogP contribution in [0.25, 0.3) is 0 Å². The quantitative estimate of drug-likeness (QED) is 0.547. The molecule has 1 aromatic rings. The first kappa shape index (κ1) is 11.6. The summed E-state index contributed by atoms with van der Waals surface area (Å²) < 4.78 is 0. The number of anilines is 2. The van der Waals surface area contributed by atoms with Crippen LogP contribution in [0, 0.1) is 0 Å². The van der Waals surface area contributed by atoms with E-state index in [0.717, 1.165) is 13.1 Å². The number of hydrogen-bond donors (Lipinski definition) is 3. The fourth-order valence-electron chi connectivity index (χ4n) is 1.33. The maximum absolute atomic E-state index is 6.04. The molecular formula is C9H9Cl3N4. The van der Waals surface area contributed by atoms with Crippen LogP contribution in [0.5, 0.6) is 0 Å². The molecule has 4 nitrogen and oxygen atoms in total. The second-order valence-corrected chi connectivity index (χ2v) is 4.40. The Hall–Kier alpha value is -0.840. The summed E-state index contributed by atoms with van der Waals surface area (Å²) in [4.78, 5) is 4.17. The Morgan fingerprint density at radius 1 is 1.31 bits per heavy atom. The number of halogens is 3. The van der Waals surface area contributed by atoms with Crippen LogP contribution in [0.1, 0.15) is 0 Å². The first-order valence-corrected chi connectivity index (χ1v) is 5.71. The molecule has 0 atom stereocenters. The third kappa shape index (κ3) is 2.14. The molecule has 0 amide bonds. The number of aliphatic imine (C=N–C) groups is 1. The predicted octanol–water partition coefficient (Wildman–Crippen LogP) is 2.60. The molecule has 0 saturated carbocycles. The maximum Gasteiger partial charge on any atom is 0.196 e. The van der Waals surface area contributed by atoms with Crippen LogP contribution in [0.4, 0.5) is 11.4 Å². The summed E-state index contributed by atoms with van der Waals surface area (Å²) in [5.41, 5.74) is 6.48. The van der Waals surface area contributed by atoms with E-state index in [1.54, 1.807) is 6.07 Å². The summed E-state index contributed by atoms with van der Waals surface area (Å²) >= 11 is 18.0. The number of nitrogens with two attached hydrogens (primary N) is 1. The molecule has 0 aromatic heterocycles. The van der Waals surface area contributed by atoms with Gasteiger partial charge in [-0.15, -0.1) is 0 Å². The van der Waals surface area contributed by atoms with Gasteiger partial charge in [-0.05, 0) is 6.07 Å². The number of nitrogens with zero attached hydrogens (tertiary/aromatic N) is 1. The fraction of sp³-hybridized carbons (Fsp3) is 0.222. The lowest BCUT2D eigenvalue weighted by Gasteiger charge is -2.12. The summed E-state index contributed by atoms with van der Waals surface area (Å²) in [6.07, 6.45) is 0. The van der Waals surface area contributed by atoms with Crippen molar-refractivity contribution in [3.63, 3.8) is 0 Å². The smallest absolute Gasteiger partial charge is 0.196 e. The molecule has 0 spiro atoms. The van der Waals surface area contributed by atoms with Gasteiger partial charge in [-0.1, -0.05) is 34.8 Å². The molecule has 7 heteroatoms. The minimum Gasteiger partial charge on any atom is -0.397 e. The first-order valence-electron chi connectivity index (χ1n) is 4.58. The monoisotopic (exact) mass is 278 g/mol. The van der Waals surface area contributed by atoms with Crippen LogP contribution >= 0.6 is 34.8 Å². The van der Waals surface area contributed by atoms with Gasteiger partial charge in [0.25, 0.3) is 0 Å². The molecule has 0 unspecified atom stereocenters. The van der Waals surface area contributed by atoms with Gasteiger partial charge in [0.2, 0.25) is 0 Å². The maximum atomic E-state index is 6.04. The van der Waals surface area contributed by atoms with Gasteiger partial charge < -0.3 is 16.4 Å². The van der Waals surface area contributed by atoms with Gasteiger partial charge in [0.05, 0.1) is 33.0 Å². The standard InChI is InChI=1S/C9H9Cl3N4/c10-4-3-5(13)6(11)7(12)8(4)16-9-14-1-2-15-9/h3H,1-2,13H2,(H2,14,15,16). The average Bonchev–Trinajstić information content (AvgIpc) is 2.74. The van der Waals surface area contributed by atoms with Crippen molar-refractivity contribution >= 4 is 52.1 Å². The zero-order valence-electron chi connectivity index (χ0n) is 8.15. The molecule has 0 aliphatic carbocycles. The molecule has 0 fully saturated rings. The molecule has 16 heavy (non-hydrogen) atoms. The van der Waals surface area contributed by atoms with E-state index in [1.165, 1.54) is 0 Å². The molecule has 1 aliphatic rings. The summed E-state index contributed by atoms with van der Waals surface area (Å²) in [7, 11) is 0. The van der Waals surface area contributed by atoms with Crippen molar-refractivity contribution in [2.45, 2.75) is 0 Å². The average molecular weight is 280 g/mol. The van der Waals surface area contributed by atoms with Crippen molar-refractivity contribution in [2.75, 3.05) is 24.1 Å². The molecule has 0 radical (unpaired) electrons. The molecule has 4 N–H and O–H groups in total. The van der Waals surface area contributed by atoms with Gasteiger partial charge in [-0.2, -0.15) is 0 Å². The van der Waals surface area contributed by atoms with E-state index in [2.05, 4.69) is 15.6 Å². The van der Waals surface area contributed by atoms with Crippen molar-refractivity contribution in [1.29, 1.82) is 0 Å².